The zero-order valence-corrected chi connectivity index (χ0v) is 27.4. The topological polar surface area (TPSA) is 24.9 Å². The number of nitrogens with zero attached hydrogens (tertiary/aromatic N) is 2. The number of ether oxygens (including phenoxy) is 2. The Balaban J connectivity index is 1.48. The molecule has 0 amide bonds. The van der Waals surface area contributed by atoms with Gasteiger partial charge in [-0.15, -0.1) is 22.7 Å². The maximum atomic E-state index is 5.83. The van der Waals surface area contributed by atoms with Crippen molar-refractivity contribution in [3.05, 3.63) is 121 Å². The minimum absolute atomic E-state index is 0.746. The number of rotatable bonds is 7. The van der Waals surface area contributed by atoms with Crippen molar-refractivity contribution in [2.24, 2.45) is 0 Å². The maximum Gasteiger partial charge on any atom is 0.100 e. The standard InChI is InChI=1S/C40H36N2O2S2/c1-5-13-29(14-6-1)33-35(31-17-9-3-10-18-31)39(41-21-25-43-26-22-41)45-37(33)38-34(30-15-7-2-8-16-30)36(32-19-11-4-12-20-32)40(46-38)42-23-27-44-28-24-42/h1-20H,21-28H2. The van der Waals surface area contributed by atoms with Gasteiger partial charge in [-0.2, -0.15) is 0 Å². The molecule has 2 aliphatic rings. The highest BCUT2D eigenvalue weighted by Crippen LogP contribution is 2.59. The maximum absolute atomic E-state index is 5.83. The lowest BCUT2D eigenvalue weighted by molar-refractivity contribution is 0.123. The largest absolute Gasteiger partial charge is 0.378 e. The predicted octanol–water partition coefficient (Wildman–Crippen LogP) is 9.82. The molecule has 4 nitrogen and oxygen atoms in total. The van der Waals surface area contributed by atoms with Crippen LogP contribution in [0.15, 0.2) is 121 Å². The van der Waals surface area contributed by atoms with Crippen molar-refractivity contribution in [1.29, 1.82) is 0 Å². The van der Waals surface area contributed by atoms with E-state index < -0.39 is 0 Å². The third-order valence-corrected chi connectivity index (χ3v) is 11.5. The van der Waals surface area contributed by atoms with Gasteiger partial charge in [-0.1, -0.05) is 121 Å². The second-order valence-electron chi connectivity index (χ2n) is 11.6. The highest BCUT2D eigenvalue weighted by atomic mass is 32.1. The van der Waals surface area contributed by atoms with Gasteiger partial charge in [-0.25, -0.2) is 0 Å². The zero-order valence-electron chi connectivity index (χ0n) is 25.7. The Morgan fingerprint density at radius 2 is 0.652 bits per heavy atom. The Labute approximate surface area is 279 Å². The van der Waals surface area contributed by atoms with Crippen LogP contribution in [0.2, 0.25) is 0 Å². The molecule has 6 aromatic rings. The van der Waals surface area contributed by atoms with Gasteiger partial charge in [0, 0.05) is 48.4 Å². The Kier molecular flexibility index (Phi) is 8.43. The van der Waals surface area contributed by atoms with Gasteiger partial charge in [0.15, 0.2) is 0 Å². The van der Waals surface area contributed by atoms with Crippen molar-refractivity contribution in [3.8, 4) is 54.3 Å². The molecule has 2 aliphatic heterocycles. The van der Waals surface area contributed by atoms with Gasteiger partial charge in [-0.3, -0.25) is 0 Å². The lowest BCUT2D eigenvalue weighted by atomic mass is 9.91. The number of hydrogen-bond acceptors (Lipinski definition) is 6. The summed E-state index contributed by atoms with van der Waals surface area (Å²) in [6.45, 7) is 6.53. The van der Waals surface area contributed by atoms with Crippen molar-refractivity contribution in [2.45, 2.75) is 0 Å². The average molecular weight is 641 g/mol. The van der Waals surface area contributed by atoms with Gasteiger partial charge in [0.25, 0.3) is 0 Å². The summed E-state index contributed by atoms with van der Waals surface area (Å²) < 4.78 is 11.7. The van der Waals surface area contributed by atoms with Crippen LogP contribution in [0, 0.1) is 0 Å². The molecular weight excluding hydrogens is 605 g/mol. The first-order chi connectivity index (χ1) is 22.9. The van der Waals surface area contributed by atoms with Crippen LogP contribution < -0.4 is 9.80 Å². The van der Waals surface area contributed by atoms with Gasteiger partial charge in [-0.05, 0) is 22.3 Å². The summed E-state index contributed by atoms with van der Waals surface area (Å²) in [4.78, 5) is 7.74. The van der Waals surface area contributed by atoms with Crippen LogP contribution in [0.5, 0.6) is 0 Å². The molecule has 6 heteroatoms. The number of benzene rings is 4. The molecule has 4 heterocycles. The van der Waals surface area contributed by atoms with E-state index in [-0.39, 0.29) is 0 Å². The number of thiophene rings is 2. The van der Waals surface area contributed by atoms with E-state index in [4.69, 9.17) is 9.47 Å². The summed E-state index contributed by atoms with van der Waals surface area (Å²) in [7, 11) is 0. The van der Waals surface area contributed by atoms with E-state index in [0.29, 0.717) is 0 Å². The summed E-state index contributed by atoms with van der Waals surface area (Å²) in [5.74, 6) is 0. The molecule has 0 unspecified atom stereocenters. The molecule has 0 aliphatic carbocycles. The molecule has 0 saturated carbocycles. The SMILES string of the molecule is c1ccc(-c2c(-c3sc(N4CCOCC4)c(-c4ccccc4)c3-c3ccccc3)sc(N3CCOCC3)c2-c2ccccc2)cc1. The Hall–Kier alpha value is -4.20. The molecule has 8 rings (SSSR count). The molecular formula is C40H36N2O2S2. The first-order valence-corrected chi connectivity index (χ1v) is 17.7. The molecule has 230 valence electrons. The van der Waals surface area contributed by atoms with Crippen LogP contribution in [0.3, 0.4) is 0 Å². The van der Waals surface area contributed by atoms with Crippen molar-refractivity contribution in [2.75, 3.05) is 62.4 Å². The van der Waals surface area contributed by atoms with Crippen molar-refractivity contribution >= 4 is 32.7 Å². The molecule has 2 saturated heterocycles. The summed E-state index contributed by atoms with van der Waals surface area (Å²) >= 11 is 3.89. The summed E-state index contributed by atoms with van der Waals surface area (Å²) in [6.07, 6.45) is 0. The van der Waals surface area contributed by atoms with E-state index in [2.05, 4.69) is 131 Å². The average Bonchev–Trinajstić information content (AvgIpc) is 3.74. The molecule has 4 aromatic carbocycles. The van der Waals surface area contributed by atoms with Crippen LogP contribution in [0.4, 0.5) is 10.0 Å². The Morgan fingerprint density at radius 3 is 0.957 bits per heavy atom. The molecule has 0 N–H and O–H groups in total. The van der Waals surface area contributed by atoms with Gasteiger partial charge in [0.1, 0.15) is 10.0 Å². The molecule has 46 heavy (non-hydrogen) atoms. The fourth-order valence-electron chi connectivity index (χ4n) is 6.64. The van der Waals surface area contributed by atoms with Crippen LogP contribution in [-0.2, 0) is 9.47 Å². The lowest BCUT2D eigenvalue weighted by Gasteiger charge is -2.29. The summed E-state index contributed by atoms with van der Waals surface area (Å²) in [5, 5.41) is 2.65. The molecule has 0 spiro atoms. The van der Waals surface area contributed by atoms with Gasteiger partial charge in [0.2, 0.25) is 0 Å². The van der Waals surface area contributed by atoms with Crippen molar-refractivity contribution < 1.29 is 9.47 Å². The normalized spacial score (nSPS) is 15.3. The molecule has 2 aromatic heterocycles. The van der Waals surface area contributed by atoms with Crippen LogP contribution in [0.25, 0.3) is 54.3 Å². The van der Waals surface area contributed by atoms with Gasteiger partial charge >= 0.3 is 0 Å². The van der Waals surface area contributed by atoms with Crippen LogP contribution in [-0.4, -0.2) is 52.6 Å². The third-order valence-electron chi connectivity index (χ3n) is 8.83. The van der Waals surface area contributed by atoms with Gasteiger partial charge in [0.05, 0.1) is 36.2 Å². The quantitative estimate of drug-likeness (QED) is 0.173. The minimum atomic E-state index is 0.746. The smallest absolute Gasteiger partial charge is 0.100 e. The lowest BCUT2D eigenvalue weighted by Crippen LogP contribution is -2.35. The monoisotopic (exact) mass is 640 g/mol. The fraction of sp³-hybridized carbons (Fsp3) is 0.200. The molecule has 2 fully saturated rings. The molecule has 0 bridgehead atoms. The van der Waals surface area contributed by atoms with Crippen molar-refractivity contribution in [1.82, 2.24) is 0 Å². The molecule has 0 atom stereocenters. The van der Waals surface area contributed by atoms with E-state index in [1.165, 1.54) is 64.3 Å². The Morgan fingerprint density at radius 1 is 0.370 bits per heavy atom. The van der Waals surface area contributed by atoms with Crippen LogP contribution >= 0.6 is 22.7 Å². The van der Waals surface area contributed by atoms with E-state index in [9.17, 15) is 0 Å². The van der Waals surface area contributed by atoms with E-state index in [1.807, 2.05) is 22.7 Å². The Bertz CT molecular complexity index is 1750. The third kappa shape index (κ3) is 5.56. The second-order valence-corrected chi connectivity index (χ2v) is 13.6. The first-order valence-electron chi connectivity index (χ1n) is 16.1. The number of anilines is 2. The highest BCUT2D eigenvalue weighted by Gasteiger charge is 2.32. The minimum Gasteiger partial charge on any atom is -0.378 e. The highest BCUT2D eigenvalue weighted by molar-refractivity contribution is 7.27. The van der Waals surface area contributed by atoms with E-state index >= 15 is 0 Å². The fourth-order valence-corrected chi connectivity index (χ4v) is 9.58. The number of morpholine rings is 2. The van der Waals surface area contributed by atoms with Crippen molar-refractivity contribution in [3.63, 3.8) is 0 Å². The predicted molar refractivity (Wildman–Crippen MR) is 195 cm³/mol. The van der Waals surface area contributed by atoms with Crippen LogP contribution in [0.1, 0.15) is 0 Å². The zero-order chi connectivity index (χ0) is 30.7. The van der Waals surface area contributed by atoms with E-state index in [0.717, 1.165) is 52.6 Å². The first kappa shape index (κ1) is 29.2. The van der Waals surface area contributed by atoms with Gasteiger partial charge < -0.3 is 19.3 Å². The van der Waals surface area contributed by atoms with E-state index in [1.54, 1.807) is 0 Å². The second kappa shape index (κ2) is 13.3. The molecule has 0 radical (unpaired) electrons. The summed E-state index contributed by atoms with van der Waals surface area (Å²) in [6, 6.07) is 43.9. The summed E-state index contributed by atoms with van der Waals surface area (Å²) in [5.41, 5.74) is 10.2. The number of hydrogen-bond donors (Lipinski definition) is 0.